The van der Waals surface area contributed by atoms with Crippen LogP contribution in [0.25, 0.3) is 0 Å². The third-order valence-electron chi connectivity index (χ3n) is 7.35. The van der Waals surface area contributed by atoms with Crippen LogP contribution in [0.4, 0.5) is 36.8 Å². The van der Waals surface area contributed by atoms with E-state index in [9.17, 15) is 49.5 Å². The summed E-state index contributed by atoms with van der Waals surface area (Å²) in [5.41, 5.74) is -0.495. The summed E-state index contributed by atoms with van der Waals surface area (Å²) < 4.78 is 116. The van der Waals surface area contributed by atoms with E-state index in [1.54, 1.807) is 44.2 Å². The Hall–Kier alpha value is -4.35. The van der Waals surface area contributed by atoms with Crippen LogP contribution in [0.3, 0.4) is 0 Å². The first-order valence-electron chi connectivity index (χ1n) is 14.9. The molecule has 0 bridgehead atoms. The number of rotatable bonds is 13. The number of sulfonamides is 1. The third kappa shape index (κ3) is 10.3. The van der Waals surface area contributed by atoms with Gasteiger partial charge in [-0.2, -0.15) is 13.2 Å². The summed E-state index contributed by atoms with van der Waals surface area (Å²) in [4.78, 5) is 26.3. The highest BCUT2D eigenvalue weighted by molar-refractivity contribution is 7.89. The summed E-state index contributed by atoms with van der Waals surface area (Å²) in [6, 6.07) is 14.0. The standard InChI is InChI=1S/C32H33F6N3O7S/c1-19(2)13-21-15-24(48-32(36,37)38)11-12-28(21)49(45,46)39-17-26(42)25(14-20-7-4-3-5-8-20)40-29(43)27-18-41(30(44)47-27)23-10-6-9-22(16-23)31(33,34)35/h3-12,15-16,19,25-27,39,42H,13-14,17-18H2,1-2H3,(H,40,43)/t25-,26+,27-/m0/s1. The highest BCUT2D eigenvalue weighted by atomic mass is 32.2. The van der Waals surface area contributed by atoms with Crippen molar-refractivity contribution in [3.8, 4) is 5.75 Å². The maximum absolute atomic E-state index is 13.3. The van der Waals surface area contributed by atoms with Crippen molar-refractivity contribution in [2.45, 2.75) is 62.4 Å². The van der Waals surface area contributed by atoms with Crippen molar-refractivity contribution < 1.29 is 58.9 Å². The van der Waals surface area contributed by atoms with Crippen LogP contribution < -0.4 is 19.7 Å². The van der Waals surface area contributed by atoms with Crippen LogP contribution in [0.1, 0.15) is 30.5 Å². The lowest BCUT2D eigenvalue weighted by Gasteiger charge is -2.26. The summed E-state index contributed by atoms with van der Waals surface area (Å²) >= 11 is 0. The van der Waals surface area contributed by atoms with Gasteiger partial charge in [0.25, 0.3) is 5.91 Å². The molecular formula is C32H33F6N3O7S. The van der Waals surface area contributed by atoms with Gasteiger partial charge in [-0.05, 0) is 66.3 Å². The highest BCUT2D eigenvalue weighted by Crippen LogP contribution is 2.33. The second kappa shape index (κ2) is 15.0. The van der Waals surface area contributed by atoms with Crippen LogP contribution in [-0.4, -0.2) is 63.2 Å². The molecule has 0 aromatic heterocycles. The zero-order valence-corrected chi connectivity index (χ0v) is 26.9. The van der Waals surface area contributed by atoms with E-state index in [0.717, 1.165) is 41.3 Å². The number of aliphatic hydroxyl groups is 1. The third-order valence-corrected chi connectivity index (χ3v) is 8.87. The number of hydrogen-bond donors (Lipinski definition) is 3. The maximum Gasteiger partial charge on any atom is 0.573 e. The van der Waals surface area contributed by atoms with Gasteiger partial charge in [-0.15, -0.1) is 13.2 Å². The molecule has 3 atom stereocenters. The van der Waals surface area contributed by atoms with E-state index in [1.165, 1.54) is 6.07 Å². The Bertz CT molecular complexity index is 1740. The Kier molecular flexibility index (Phi) is 11.5. The molecule has 266 valence electrons. The first-order valence-corrected chi connectivity index (χ1v) is 16.4. The van der Waals surface area contributed by atoms with Crippen molar-refractivity contribution in [3.63, 3.8) is 0 Å². The van der Waals surface area contributed by atoms with Gasteiger partial charge in [0, 0.05) is 12.2 Å². The Morgan fingerprint density at radius 3 is 2.33 bits per heavy atom. The summed E-state index contributed by atoms with van der Waals surface area (Å²) in [6.07, 6.45) is -13.8. The molecule has 0 unspecified atom stereocenters. The van der Waals surface area contributed by atoms with Crippen molar-refractivity contribution in [1.82, 2.24) is 10.0 Å². The summed E-state index contributed by atoms with van der Waals surface area (Å²) in [6.45, 7) is 2.38. The largest absolute Gasteiger partial charge is 0.573 e. The molecule has 1 saturated heterocycles. The van der Waals surface area contributed by atoms with Crippen LogP contribution >= 0.6 is 0 Å². The Labute approximate surface area is 278 Å². The van der Waals surface area contributed by atoms with E-state index in [-0.39, 0.29) is 34.9 Å². The molecule has 3 aromatic rings. The number of carbonyl (C=O) groups excluding carboxylic acids is 2. The summed E-state index contributed by atoms with van der Waals surface area (Å²) in [7, 11) is -4.42. The van der Waals surface area contributed by atoms with Gasteiger partial charge in [-0.25, -0.2) is 17.9 Å². The van der Waals surface area contributed by atoms with Crippen molar-refractivity contribution >= 4 is 27.7 Å². The normalized spacial score (nSPS) is 16.7. The van der Waals surface area contributed by atoms with Crippen LogP contribution in [-0.2, 0) is 38.6 Å². The fourth-order valence-corrected chi connectivity index (χ4v) is 6.40. The van der Waals surface area contributed by atoms with E-state index in [1.807, 2.05) is 0 Å². The molecule has 1 heterocycles. The fraction of sp³-hybridized carbons (Fsp3) is 0.375. The van der Waals surface area contributed by atoms with Crippen LogP contribution in [0.2, 0.25) is 0 Å². The van der Waals surface area contributed by atoms with Gasteiger partial charge in [-0.3, -0.25) is 9.69 Å². The number of cyclic esters (lactones) is 1. The van der Waals surface area contributed by atoms with E-state index in [2.05, 4.69) is 14.8 Å². The van der Waals surface area contributed by atoms with Gasteiger partial charge in [0.05, 0.1) is 29.1 Å². The molecule has 49 heavy (non-hydrogen) atoms. The molecule has 0 saturated carbocycles. The average Bonchev–Trinajstić information content (AvgIpc) is 3.40. The molecule has 1 fully saturated rings. The quantitative estimate of drug-likeness (QED) is 0.207. The number of alkyl halides is 6. The fourth-order valence-electron chi connectivity index (χ4n) is 5.12. The van der Waals surface area contributed by atoms with Crippen molar-refractivity contribution in [1.29, 1.82) is 0 Å². The van der Waals surface area contributed by atoms with Crippen LogP contribution in [0, 0.1) is 5.92 Å². The lowest BCUT2D eigenvalue weighted by Crippen LogP contribution is -2.52. The van der Waals surface area contributed by atoms with E-state index in [4.69, 9.17) is 4.74 Å². The number of carbonyl (C=O) groups is 2. The number of nitrogens with zero attached hydrogens (tertiary/aromatic N) is 1. The molecule has 1 aliphatic rings. The molecule has 2 amide bonds. The predicted octanol–water partition coefficient (Wildman–Crippen LogP) is 5.19. The van der Waals surface area contributed by atoms with E-state index < -0.39 is 77.2 Å². The minimum absolute atomic E-state index is 0.0183. The second-order valence-corrected chi connectivity index (χ2v) is 13.4. The van der Waals surface area contributed by atoms with Crippen molar-refractivity contribution in [2.75, 3.05) is 18.0 Å². The number of aliphatic hydroxyl groups excluding tert-OH is 1. The SMILES string of the molecule is CC(C)Cc1cc(OC(F)(F)F)ccc1S(=O)(=O)NC[C@@H](O)[C@H](Cc1ccccc1)NC(=O)[C@@H]1CN(c2cccc(C(F)(F)F)c2)C(=O)O1. The molecule has 3 N–H and O–H groups in total. The molecule has 3 aromatic carbocycles. The number of nitrogens with one attached hydrogen (secondary N) is 2. The van der Waals surface area contributed by atoms with E-state index >= 15 is 0 Å². The first kappa shape index (κ1) is 37.5. The Morgan fingerprint density at radius 2 is 1.69 bits per heavy atom. The topological polar surface area (TPSA) is 134 Å². The lowest BCUT2D eigenvalue weighted by molar-refractivity contribution is -0.274. The van der Waals surface area contributed by atoms with Crippen molar-refractivity contribution in [3.05, 3.63) is 89.5 Å². The molecule has 17 heteroatoms. The van der Waals surface area contributed by atoms with Gasteiger partial charge >= 0.3 is 18.6 Å². The smallest absolute Gasteiger partial charge is 0.434 e. The zero-order chi connectivity index (χ0) is 36.1. The predicted molar refractivity (Wildman–Crippen MR) is 164 cm³/mol. The maximum atomic E-state index is 13.3. The molecule has 0 spiro atoms. The van der Waals surface area contributed by atoms with Crippen LogP contribution in [0.5, 0.6) is 5.75 Å². The minimum Gasteiger partial charge on any atom is -0.434 e. The number of benzene rings is 3. The summed E-state index contributed by atoms with van der Waals surface area (Å²) in [5, 5.41) is 13.7. The number of hydrogen-bond acceptors (Lipinski definition) is 7. The Balaban J connectivity index is 1.50. The number of amides is 2. The first-order chi connectivity index (χ1) is 22.8. The molecule has 0 aliphatic carbocycles. The van der Waals surface area contributed by atoms with Gasteiger partial charge in [0.15, 0.2) is 6.10 Å². The number of halogens is 6. The lowest BCUT2D eigenvalue weighted by atomic mass is 10.0. The number of ether oxygens (including phenoxy) is 2. The monoisotopic (exact) mass is 717 g/mol. The average molecular weight is 718 g/mol. The molecule has 10 nitrogen and oxygen atoms in total. The highest BCUT2D eigenvalue weighted by Gasteiger charge is 2.40. The van der Waals surface area contributed by atoms with Gasteiger partial charge in [-0.1, -0.05) is 50.2 Å². The van der Waals surface area contributed by atoms with Gasteiger partial charge in [0.2, 0.25) is 10.0 Å². The minimum atomic E-state index is -5.00. The second-order valence-electron chi connectivity index (χ2n) is 11.7. The molecule has 1 aliphatic heterocycles. The van der Waals surface area contributed by atoms with Crippen molar-refractivity contribution in [2.24, 2.45) is 5.92 Å². The zero-order valence-electron chi connectivity index (χ0n) is 26.1. The molecule has 4 rings (SSSR count). The van der Waals surface area contributed by atoms with E-state index in [0.29, 0.717) is 5.56 Å². The number of anilines is 1. The van der Waals surface area contributed by atoms with Crippen LogP contribution in [0.15, 0.2) is 77.7 Å². The van der Waals surface area contributed by atoms with Gasteiger partial charge in [0.1, 0.15) is 5.75 Å². The van der Waals surface area contributed by atoms with Gasteiger partial charge < -0.3 is 19.9 Å². The molecular weight excluding hydrogens is 684 g/mol. The Morgan fingerprint density at radius 1 is 1.00 bits per heavy atom. The summed E-state index contributed by atoms with van der Waals surface area (Å²) in [5.74, 6) is -1.66. The molecule has 0 radical (unpaired) electrons.